The second kappa shape index (κ2) is 6.29. The van der Waals surface area contributed by atoms with Gasteiger partial charge < -0.3 is 10.1 Å². The van der Waals surface area contributed by atoms with Gasteiger partial charge in [-0.25, -0.2) is 4.68 Å². The SMILES string of the molecule is CCCCc1cn(C2CC(NC(=O)C3(C)COC(=O)C3)C2)nn1. The van der Waals surface area contributed by atoms with Gasteiger partial charge in [0.1, 0.15) is 6.61 Å². The highest BCUT2D eigenvalue weighted by Crippen LogP contribution is 2.34. The van der Waals surface area contributed by atoms with Crippen LogP contribution in [-0.4, -0.2) is 39.5 Å². The maximum atomic E-state index is 12.3. The highest BCUT2D eigenvalue weighted by Gasteiger charge is 2.44. The Morgan fingerprint density at radius 2 is 2.30 bits per heavy atom. The fourth-order valence-electron chi connectivity index (χ4n) is 3.05. The number of hydrogen-bond acceptors (Lipinski definition) is 5. The normalized spacial score (nSPS) is 29.9. The molecule has 1 aromatic heterocycles. The average molecular weight is 320 g/mol. The molecule has 7 nitrogen and oxygen atoms in total. The summed E-state index contributed by atoms with van der Waals surface area (Å²) in [4.78, 5) is 23.5. The maximum Gasteiger partial charge on any atom is 0.307 e. The molecule has 0 aromatic carbocycles. The van der Waals surface area contributed by atoms with Gasteiger partial charge in [-0.3, -0.25) is 9.59 Å². The molecule has 2 heterocycles. The third-order valence-electron chi connectivity index (χ3n) is 4.80. The zero-order valence-electron chi connectivity index (χ0n) is 13.7. The quantitative estimate of drug-likeness (QED) is 0.801. The van der Waals surface area contributed by atoms with Crippen LogP contribution in [0.1, 0.15) is 57.7 Å². The van der Waals surface area contributed by atoms with Gasteiger partial charge >= 0.3 is 5.97 Å². The zero-order valence-corrected chi connectivity index (χ0v) is 13.7. The minimum atomic E-state index is -0.719. The van der Waals surface area contributed by atoms with Crippen molar-refractivity contribution in [3.8, 4) is 0 Å². The molecular formula is C16H24N4O3. The lowest BCUT2D eigenvalue weighted by Gasteiger charge is -2.37. The maximum absolute atomic E-state index is 12.3. The molecule has 1 aliphatic heterocycles. The van der Waals surface area contributed by atoms with Gasteiger partial charge in [-0.15, -0.1) is 5.10 Å². The minimum Gasteiger partial charge on any atom is -0.464 e. The Morgan fingerprint density at radius 1 is 1.52 bits per heavy atom. The van der Waals surface area contributed by atoms with Crippen molar-refractivity contribution in [2.24, 2.45) is 5.41 Å². The summed E-state index contributed by atoms with van der Waals surface area (Å²) in [7, 11) is 0. The van der Waals surface area contributed by atoms with Gasteiger partial charge in [-0.2, -0.15) is 0 Å². The topological polar surface area (TPSA) is 86.1 Å². The Kier molecular flexibility index (Phi) is 4.37. The molecule has 1 amide bonds. The van der Waals surface area contributed by atoms with Crippen molar-refractivity contribution in [1.29, 1.82) is 0 Å². The molecule has 2 aliphatic rings. The fraction of sp³-hybridized carbons (Fsp3) is 0.750. The molecule has 1 unspecified atom stereocenters. The molecule has 1 N–H and O–H groups in total. The number of amides is 1. The highest BCUT2D eigenvalue weighted by atomic mass is 16.5. The van der Waals surface area contributed by atoms with Gasteiger partial charge in [0.05, 0.1) is 23.6 Å². The highest BCUT2D eigenvalue weighted by molar-refractivity contribution is 5.89. The predicted molar refractivity (Wildman–Crippen MR) is 82.5 cm³/mol. The summed E-state index contributed by atoms with van der Waals surface area (Å²) >= 11 is 0. The number of nitrogens with zero attached hydrogens (tertiary/aromatic N) is 3. The molecule has 1 aliphatic carbocycles. The van der Waals surface area contributed by atoms with Crippen LogP contribution in [0.2, 0.25) is 0 Å². The lowest BCUT2D eigenvalue weighted by atomic mass is 9.83. The van der Waals surface area contributed by atoms with Crippen LogP contribution >= 0.6 is 0 Å². The molecule has 0 bridgehead atoms. The van der Waals surface area contributed by atoms with Gasteiger partial charge in [-0.1, -0.05) is 18.6 Å². The molecule has 0 spiro atoms. The van der Waals surface area contributed by atoms with Crippen molar-refractivity contribution in [3.05, 3.63) is 11.9 Å². The largest absolute Gasteiger partial charge is 0.464 e. The molecule has 7 heteroatoms. The third kappa shape index (κ3) is 3.38. The number of esters is 1. The van der Waals surface area contributed by atoms with E-state index in [4.69, 9.17) is 4.74 Å². The number of carbonyl (C=O) groups excluding carboxylic acids is 2. The Morgan fingerprint density at radius 3 is 2.96 bits per heavy atom. The number of carbonyl (C=O) groups is 2. The Labute approximate surface area is 135 Å². The smallest absolute Gasteiger partial charge is 0.307 e. The summed E-state index contributed by atoms with van der Waals surface area (Å²) in [5.41, 5.74) is 0.316. The molecule has 1 atom stereocenters. The van der Waals surface area contributed by atoms with Gasteiger partial charge in [0.25, 0.3) is 0 Å². The standard InChI is InChI=1S/C16H24N4O3/c1-3-4-5-11-9-20(19-18-11)13-6-12(7-13)17-15(22)16(2)8-14(21)23-10-16/h9,12-13H,3-8,10H2,1-2H3,(H,17,22). The van der Waals surface area contributed by atoms with Gasteiger partial charge in [-0.05, 0) is 32.6 Å². The second-order valence-corrected chi connectivity index (χ2v) is 6.99. The lowest BCUT2D eigenvalue weighted by molar-refractivity contribution is -0.137. The van der Waals surface area contributed by atoms with Crippen molar-refractivity contribution >= 4 is 11.9 Å². The zero-order chi connectivity index (χ0) is 16.4. The van der Waals surface area contributed by atoms with Gasteiger partial charge in [0.15, 0.2) is 0 Å². The van der Waals surface area contributed by atoms with Crippen molar-refractivity contribution in [3.63, 3.8) is 0 Å². The predicted octanol–water partition coefficient (Wildman–Crippen LogP) is 1.39. The van der Waals surface area contributed by atoms with Gasteiger partial charge in [0, 0.05) is 12.2 Å². The van der Waals surface area contributed by atoms with Crippen LogP contribution < -0.4 is 5.32 Å². The summed E-state index contributed by atoms with van der Waals surface area (Å²) in [6.07, 6.45) is 7.13. The van der Waals surface area contributed by atoms with E-state index in [0.717, 1.165) is 37.8 Å². The molecule has 0 radical (unpaired) electrons. The number of hydrogen-bond donors (Lipinski definition) is 1. The van der Waals surface area contributed by atoms with E-state index in [2.05, 4.69) is 22.6 Å². The second-order valence-electron chi connectivity index (χ2n) is 6.99. The van der Waals surface area contributed by atoms with E-state index in [-0.39, 0.29) is 30.9 Å². The molecule has 23 heavy (non-hydrogen) atoms. The van der Waals surface area contributed by atoms with E-state index < -0.39 is 5.41 Å². The first-order valence-electron chi connectivity index (χ1n) is 8.37. The molecule has 1 saturated carbocycles. The number of aromatic nitrogens is 3. The summed E-state index contributed by atoms with van der Waals surface area (Å²) < 4.78 is 6.84. The number of unbranched alkanes of at least 4 members (excludes halogenated alkanes) is 1. The molecule has 3 rings (SSSR count). The molecule has 1 saturated heterocycles. The van der Waals surface area contributed by atoms with E-state index in [1.165, 1.54) is 0 Å². The van der Waals surface area contributed by atoms with E-state index in [1.54, 1.807) is 6.92 Å². The van der Waals surface area contributed by atoms with E-state index >= 15 is 0 Å². The van der Waals surface area contributed by atoms with Crippen LogP contribution in [0.4, 0.5) is 0 Å². The summed E-state index contributed by atoms with van der Waals surface area (Å²) in [5, 5.41) is 11.4. The molecule has 1 aromatic rings. The van der Waals surface area contributed by atoms with Crippen molar-refractivity contribution in [2.45, 2.75) is 64.5 Å². The van der Waals surface area contributed by atoms with Gasteiger partial charge in [0.2, 0.25) is 5.91 Å². The fourth-order valence-corrected chi connectivity index (χ4v) is 3.05. The van der Waals surface area contributed by atoms with Crippen molar-refractivity contribution in [1.82, 2.24) is 20.3 Å². The minimum absolute atomic E-state index is 0.0889. The number of ether oxygens (including phenoxy) is 1. The van der Waals surface area contributed by atoms with Crippen LogP contribution in [0.25, 0.3) is 0 Å². The summed E-state index contributed by atoms with van der Waals surface area (Å²) in [5.74, 6) is -0.384. The molecule has 2 fully saturated rings. The first-order valence-corrected chi connectivity index (χ1v) is 8.37. The van der Waals surface area contributed by atoms with Crippen LogP contribution in [0.5, 0.6) is 0 Å². The van der Waals surface area contributed by atoms with E-state index in [1.807, 2.05) is 10.9 Å². The lowest BCUT2D eigenvalue weighted by Crippen LogP contribution is -2.50. The first-order chi connectivity index (χ1) is 11.0. The number of aryl methyl sites for hydroxylation is 1. The number of rotatable bonds is 6. The average Bonchev–Trinajstić information content (AvgIpc) is 3.07. The van der Waals surface area contributed by atoms with Crippen molar-refractivity contribution < 1.29 is 14.3 Å². The summed E-state index contributed by atoms with van der Waals surface area (Å²) in [6, 6.07) is 0.445. The summed E-state index contributed by atoms with van der Waals surface area (Å²) in [6.45, 7) is 4.12. The Balaban J connectivity index is 1.46. The van der Waals surface area contributed by atoms with Crippen molar-refractivity contribution in [2.75, 3.05) is 6.61 Å². The first kappa shape index (κ1) is 16.0. The van der Waals surface area contributed by atoms with Crippen LogP contribution in [-0.2, 0) is 20.7 Å². The van der Waals surface area contributed by atoms with Crippen LogP contribution in [0, 0.1) is 5.41 Å². The number of nitrogens with one attached hydrogen (secondary N) is 1. The third-order valence-corrected chi connectivity index (χ3v) is 4.80. The molecule has 126 valence electrons. The Hall–Kier alpha value is -1.92. The number of cyclic esters (lactones) is 1. The van der Waals surface area contributed by atoms with E-state index in [9.17, 15) is 9.59 Å². The van der Waals surface area contributed by atoms with Crippen LogP contribution in [0.15, 0.2) is 6.20 Å². The monoisotopic (exact) mass is 320 g/mol. The molecular weight excluding hydrogens is 296 g/mol. The Bertz CT molecular complexity index is 594. The van der Waals surface area contributed by atoms with Crippen LogP contribution in [0.3, 0.4) is 0 Å². The van der Waals surface area contributed by atoms with E-state index in [0.29, 0.717) is 6.04 Å².